The average Bonchev–Trinajstić information content (AvgIpc) is 2.78. The molecule has 4 nitrogen and oxygen atoms in total. The highest BCUT2D eigenvalue weighted by Gasteiger charge is 2.10. The Hall–Kier alpha value is -1.85. The molecule has 2 heterocycles. The predicted molar refractivity (Wildman–Crippen MR) is 73.1 cm³/mol. The van der Waals surface area contributed by atoms with Gasteiger partial charge in [-0.3, -0.25) is 14.2 Å². The number of thiophene rings is 1. The maximum atomic E-state index is 12.0. The van der Waals surface area contributed by atoms with Crippen LogP contribution in [0.2, 0.25) is 5.02 Å². The largest absolute Gasteiger partial charge is 0.321 e. The third kappa shape index (κ3) is 1.68. The fraction of sp³-hybridized carbons (Fsp3) is 0. The maximum Gasteiger partial charge on any atom is 0.321 e. The smallest absolute Gasteiger partial charge is 0.315 e. The molecule has 2 aromatic heterocycles. The molecular weight excluding hydrogens is 272 g/mol. The minimum Gasteiger partial charge on any atom is -0.315 e. The van der Waals surface area contributed by atoms with Crippen LogP contribution in [0.4, 0.5) is 0 Å². The topological polar surface area (TPSA) is 54.9 Å². The van der Waals surface area contributed by atoms with Crippen molar-refractivity contribution in [3.8, 4) is 5.69 Å². The monoisotopic (exact) mass is 278 g/mol. The predicted octanol–water partition coefficient (Wildman–Crippen LogP) is 2.39. The minimum absolute atomic E-state index is 0.518. The van der Waals surface area contributed by atoms with Crippen molar-refractivity contribution in [1.82, 2.24) is 9.55 Å². The molecule has 1 N–H and O–H groups in total. The molecule has 0 saturated carbocycles. The highest BCUT2D eigenvalue weighted by molar-refractivity contribution is 7.16. The van der Waals surface area contributed by atoms with E-state index in [0.29, 0.717) is 21.1 Å². The number of H-pyrrole nitrogens is 1. The standard InChI is InChI=1S/C12H7ClN2O2S/c13-7-2-1-3-8(6-7)15-11(17)10(16)14-9-4-5-18-12(9)15/h1-6H,(H,14,16). The number of benzene rings is 1. The molecule has 0 aliphatic heterocycles. The van der Waals surface area contributed by atoms with Crippen molar-refractivity contribution < 1.29 is 0 Å². The van der Waals surface area contributed by atoms with Gasteiger partial charge in [-0.25, -0.2) is 0 Å². The molecule has 0 spiro atoms. The van der Waals surface area contributed by atoms with E-state index >= 15 is 0 Å². The number of halogens is 1. The average molecular weight is 279 g/mol. The first kappa shape index (κ1) is 11.3. The number of rotatable bonds is 1. The van der Waals surface area contributed by atoms with Crippen molar-refractivity contribution in [3.05, 3.63) is 61.4 Å². The van der Waals surface area contributed by atoms with Crippen LogP contribution in [-0.2, 0) is 0 Å². The molecular formula is C12H7ClN2O2S. The first-order chi connectivity index (χ1) is 8.66. The molecule has 0 amide bonds. The Morgan fingerprint density at radius 1 is 1.22 bits per heavy atom. The van der Waals surface area contributed by atoms with Gasteiger partial charge in [0.05, 0.1) is 11.2 Å². The van der Waals surface area contributed by atoms with Crippen molar-refractivity contribution in [2.24, 2.45) is 0 Å². The van der Waals surface area contributed by atoms with E-state index in [1.165, 1.54) is 15.9 Å². The van der Waals surface area contributed by atoms with Gasteiger partial charge in [0.1, 0.15) is 4.83 Å². The molecule has 0 bridgehead atoms. The molecule has 0 aliphatic rings. The molecule has 0 atom stereocenters. The Morgan fingerprint density at radius 2 is 2.06 bits per heavy atom. The van der Waals surface area contributed by atoms with Gasteiger partial charge < -0.3 is 4.98 Å². The second-order valence-corrected chi connectivity index (χ2v) is 5.04. The summed E-state index contributed by atoms with van der Waals surface area (Å²) in [7, 11) is 0. The minimum atomic E-state index is -0.638. The Morgan fingerprint density at radius 3 is 2.83 bits per heavy atom. The van der Waals surface area contributed by atoms with Crippen LogP contribution in [0.1, 0.15) is 0 Å². The number of nitrogens with zero attached hydrogens (tertiary/aromatic N) is 1. The lowest BCUT2D eigenvalue weighted by atomic mass is 10.3. The van der Waals surface area contributed by atoms with Crippen LogP contribution in [0.3, 0.4) is 0 Å². The lowest BCUT2D eigenvalue weighted by Crippen LogP contribution is -2.34. The van der Waals surface area contributed by atoms with Crippen LogP contribution >= 0.6 is 22.9 Å². The summed E-state index contributed by atoms with van der Waals surface area (Å²) in [6, 6.07) is 8.62. The fourth-order valence-corrected chi connectivity index (χ4v) is 2.85. The van der Waals surface area contributed by atoms with Crippen LogP contribution in [0.25, 0.3) is 16.0 Å². The number of fused-ring (bicyclic) bond motifs is 1. The molecule has 0 radical (unpaired) electrons. The zero-order chi connectivity index (χ0) is 12.7. The van der Waals surface area contributed by atoms with Crippen LogP contribution < -0.4 is 11.1 Å². The van der Waals surface area contributed by atoms with E-state index in [1.807, 2.05) is 5.38 Å². The quantitative estimate of drug-likeness (QED) is 0.695. The second-order valence-electron chi connectivity index (χ2n) is 3.71. The molecule has 90 valence electrons. The molecule has 0 aliphatic carbocycles. The van der Waals surface area contributed by atoms with E-state index in [-0.39, 0.29) is 0 Å². The van der Waals surface area contributed by atoms with Crippen LogP contribution in [-0.4, -0.2) is 9.55 Å². The van der Waals surface area contributed by atoms with E-state index in [9.17, 15) is 9.59 Å². The van der Waals surface area contributed by atoms with Gasteiger partial charge in [-0.1, -0.05) is 17.7 Å². The summed E-state index contributed by atoms with van der Waals surface area (Å²) in [5.41, 5.74) is -0.0104. The van der Waals surface area contributed by atoms with Crippen molar-refractivity contribution in [2.45, 2.75) is 0 Å². The van der Waals surface area contributed by atoms with Crippen molar-refractivity contribution >= 4 is 33.3 Å². The SMILES string of the molecule is O=c1[nH]c2ccsc2n(-c2cccc(Cl)c2)c1=O. The van der Waals surface area contributed by atoms with E-state index < -0.39 is 11.1 Å². The Labute approximate surface area is 110 Å². The summed E-state index contributed by atoms with van der Waals surface area (Å²) in [5.74, 6) is 0. The normalized spacial score (nSPS) is 10.9. The Balaban J connectivity index is 2.48. The second kappa shape index (κ2) is 4.12. The van der Waals surface area contributed by atoms with Gasteiger partial charge in [-0.15, -0.1) is 11.3 Å². The van der Waals surface area contributed by atoms with Gasteiger partial charge in [0, 0.05) is 5.02 Å². The summed E-state index contributed by atoms with van der Waals surface area (Å²) in [6.45, 7) is 0. The first-order valence-corrected chi connectivity index (χ1v) is 6.41. The van der Waals surface area contributed by atoms with Gasteiger partial charge in [-0.05, 0) is 29.6 Å². The Bertz CT molecular complexity index is 847. The zero-order valence-corrected chi connectivity index (χ0v) is 10.6. The highest BCUT2D eigenvalue weighted by atomic mass is 35.5. The maximum absolute atomic E-state index is 12.0. The first-order valence-electron chi connectivity index (χ1n) is 5.15. The number of hydrogen-bond donors (Lipinski definition) is 1. The van der Waals surface area contributed by atoms with Crippen LogP contribution in [0, 0.1) is 0 Å². The zero-order valence-electron chi connectivity index (χ0n) is 9.01. The van der Waals surface area contributed by atoms with Gasteiger partial charge in [0.25, 0.3) is 0 Å². The van der Waals surface area contributed by atoms with Crippen LogP contribution in [0.15, 0.2) is 45.3 Å². The number of nitrogens with one attached hydrogen (secondary N) is 1. The summed E-state index contributed by atoms with van der Waals surface area (Å²) < 4.78 is 1.38. The molecule has 1 aromatic carbocycles. The number of aromatic amines is 1. The summed E-state index contributed by atoms with van der Waals surface area (Å²) in [5, 5.41) is 2.34. The van der Waals surface area contributed by atoms with E-state index in [0.717, 1.165) is 0 Å². The molecule has 18 heavy (non-hydrogen) atoms. The highest BCUT2D eigenvalue weighted by Crippen LogP contribution is 2.21. The van der Waals surface area contributed by atoms with Crippen molar-refractivity contribution in [1.29, 1.82) is 0 Å². The van der Waals surface area contributed by atoms with Crippen molar-refractivity contribution in [3.63, 3.8) is 0 Å². The molecule has 6 heteroatoms. The summed E-state index contributed by atoms with van der Waals surface area (Å²) in [4.78, 5) is 26.8. The fourth-order valence-electron chi connectivity index (χ4n) is 1.79. The van der Waals surface area contributed by atoms with E-state index in [1.54, 1.807) is 30.3 Å². The number of aromatic nitrogens is 2. The lowest BCUT2D eigenvalue weighted by Gasteiger charge is -2.06. The van der Waals surface area contributed by atoms with E-state index in [2.05, 4.69) is 4.98 Å². The molecule has 3 aromatic rings. The third-order valence-corrected chi connectivity index (χ3v) is 3.69. The van der Waals surface area contributed by atoms with Gasteiger partial charge in [0.15, 0.2) is 0 Å². The van der Waals surface area contributed by atoms with Crippen molar-refractivity contribution in [2.75, 3.05) is 0 Å². The summed E-state index contributed by atoms with van der Waals surface area (Å²) >= 11 is 7.30. The van der Waals surface area contributed by atoms with Gasteiger partial charge >= 0.3 is 11.1 Å². The lowest BCUT2D eigenvalue weighted by molar-refractivity contribution is 0.997. The van der Waals surface area contributed by atoms with Crippen LogP contribution in [0.5, 0.6) is 0 Å². The molecule has 3 rings (SSSR count). The number of hydrogen-bond acceptors (Lipinski definition) is 3. The third-order valence-electron chi connectivity index (χ3n) is 2.56. The van der Waals surface area contributed by atoms with Gasteiger partial charge in [0.2, 0.25) is 0 Å². The summed E-state index contributed by atoms with van der Waals surface area (Å²) in [6.07, 6.45) is 0. The molecule has 0 unspecified atom stereocenters. The van der Waals surface area contributed by atoms with Gasteiger partial charge in [-0.2, -0.15) is 0 Å². The molecule has 0 saturated heterocycles. The molecule has 0 fully saturated rings. The Kier molecular flexibility index (Phi) is 2.57. The van der Waals surface area contributed by atoms with E-state index in [4.69, 9.17) is 11.6 Å².